The maximum atomic E-state index is 13.1. The highest BCUT2D eigenvalue weighted by atomic mass is 79.9. The van der Waals surface area contributed by atoms with E-state index in [9.17, 15) is 4.79 Å². The van der Waals surface area contributed by atoms with Gasteiger partial charge in [0.1, 0.15) is 24.1 Å². The topological polar surface area (TPSA) is 64.8 Å². The number of amides is 1. The van der Waals surface area contributed by atoms with E-state index in [0.29, 0.717) is 12.3 Å². The molecule has 0 spiro atoms. The summed E-state index contributed by atoms with van der Waals surface area (Å²) < 4.78 is 12.5. The van der Waals surface area contributed by atoms with Crippen LogP contribution in [0.1, 0.15) is 11.1 Å². The number of methoxy groups -OCH3 is 1. The quantitative estimate of drug-likeness (QED) is 0.663. The van der Waals surface area contributed by atoms with Crippen molar-refractivity contribution in [3.63, 3.8) is 0 Å². The van der Waals surface area contributed by atoms with Gasteiger partial charge in [0.15, 0.2) is 0 Å². The Morgan fingerprint density at radius 1 is 1.25 bits per heavy atom. The fourth-order valence-electron chi connectivity index (χ4n) is 3.62. The molecule has 1 unspecified atom stereocenters. The van der Waals surface area contributed by atoms with E-state index in [4.69, 9.17) is 15.2 Å². The molecule has 6 heteroatoms. The van der Waals surface area contributed by atoms with Crippen LogP contribution in [0.3, 0.4) is 0 Å². The average Bonchev–Trinajstić information content (AvgIpc) is 2.80. The van der Waals surface area contributed by atoms with Gasteiger partial charge >= 0.3 is 0 Å². The molecule has 0 aliphatic carbocycles. The lowest BCUT2D eigenvalue weighted by Crippen LogP contribution is -2.45. The first kappa shape index (κ1) is 18.8. The summed E-state index contributed by atoms with van der Waals surface area (Å²) in [5.41, 5.74) is 8.74. The third kappa shape index (κ3) is 3.23. The molecule has 0 radical (unpaired) electrons. The maximum Gasteiger partial charge on any atom is 0.247 e. The summed E-state index contributed by atoms with van der Waals surface area (Å²) in [5.74, 6) is 1.27. The van der Waals surface area contributed by atoms with Gasteiger partial charge in [-0.05, 0) is 47.5 Å². The Labute approximate surface area is 172 Å². The largest absolute Gasteiger partial charge is 0.496 e. The predicted molar refractivity (Wildman–Crippen MR) is 114 cm³/mol. The Morgan fingerprint density at radius 2 is 2.07 bits per heavy atom. The Kier molecular flexibility index (Phi) is 5.00. The number of benzene rings is 3. The minimum Gasteiger partial charge on any atom is -0.496 e. The monoisotopic (exact) mass is 440 g/mol. The number of ether oxygens (including phenoxy) is 2. The van der Waals surface area contributed by atoms with Crippen LogP contribution in [0.4, 0.5) is 5.69 Å². The molecule has 3 aromatic carbocycles. The number of hydrogen-bond acceptors (Lipinski definition) is 4. The summed E-state index contributed by atoms with van der Waals surface area (Å²) in [7, 11) is 1.64. The molecule has 144 valence electrons. The van der Waals surface area contributed by atoms with Crippen LogP contribution in [0.2, 0.25) is 0 Å². The number of nitrogens with two attached hydrogens (primary N) is 1. The number of hydrogen-bond donors (Lipinski definition) is 1. The SMILES string of the molecule is COc1ccc2cc(Br)ccc2c1CN1C(=O)C(N)COc2c(C)cccc21. The van der Waals surface area contributed by atoms with Crippen molar-refractivity contribution in [2.24, 2.45) is 5.73 Å². The molecule has 3 aromatic rings. The van der Waals surface area contributed by atoms with E-state index in [0.717, 1.165) is 37.8 Å². The number of rotatable bonds is 3. The van der Waals surface area contributed by atoms with Gasteiger partial charge in [0.05, 0.1) is 19.3 Å². The van der Waals surface area contributed by atoms with Crippen molar-refractivity contribution in [1.29, 1.82) is 0 Å². The zero-order valence-electron chi connectivity index (χ0n) is 15.7. The molecule has 5 nitrogen and oxygen atoms in total. The van der Waals surface area contributed by atoms with E-state index in [1.807, 2.05) is 49.4 Å². The summed E-state index contributed by atoms with van der Waals surface area (Å²) in [4.78, 5) is 14.8. The second-order valence-corrected chi connectivity index (χ2v) is 7.79. The first-order valence-corrected chi connectivity index (χ1v) is 9.83. The van der Waals surface area contributed by atoms with Gasteiger partial charge in [0, 0.05) is 10.0 Å². The lowest BCUT2D eigenvalue weighted by atomic mass is 10.0. The van der Waals surface area contributed by atoms with E-state index in [1.165, 1.54) is 0 Å². The van der Waals surface area contributed by atoms with Crippen LogP contribution in [-0.2, 0) is 11.3 Å². The lowest BCUT2D eigenvalue weighted by molar-refractivity contribution is -0.120. The van der Waals surface area contributed by atoms with E-state index in [1.54, 1.807) is 12.0 Å². The lowest BCUT2D eigenvalue weighted by Gasteiger charge is -2.25. The van der Waals surface area contributed by atoms with Gasteiger partial charge in [0.25, 0.3) is 0 Å². The van der Waals surface area contributed by atoms with Gasteiger partial charge in [-0.2, -0.15) is 0 Å². The van der Waals surface area contributed by atoms with Crippen LogP contribution >= 0.6 is 15.9 Å². The number of carbonyl (C=O) groups excluding carboxylic acids is 1. The molecule has 4 rings (SSSR count). The first-order chi connectivity index (χ1) is 13.5. The maximum absolute atomic E-state index is 13.1. The van der Waals surface area contributed by atoms with Crippen molar-refractivity contribution in [1.82, 2.24) is 0 Å². The number of para-hydroxylation sites is 1. The van der Waals surface area contributed by atoms with Crippen LogP contribution < -0.4 is 20.1 Å². The molecule has 1 atom stereocenters. The molecule has 0 bridgehead atoms. The van der Waals surface area contributed by atoms with Crippen LogP contribution in [0.15, 0.2) is 53.0 Å². The number of fused-ring (bicyclic) bond motifs is 2. The van der Waals surface area contributed by atoms with Crippen molar-refractivity contribution in [2.75, 3.05) is 18.6 Å². The highest BCUT2D eigenvalue weighted by molar-refractivity contribution is 9.10. The average molecular weight is 441 g/mol. The highest BCUT2D eigenvalue weighted by Crippen LogP contribution is 2.38. The van der Waals surface area contributed by atoms with Gasteiger partial charge < -0.3 is 20.1 Å². The Hall–Kier alpha value is -2.57. The van der Waals surface area contributed by atoms with Crippen LogP contribution in [-0.4, -0.2) is 25.7 Å². The van der Waals surface area contributed by atoms with Crippen molar-refractivity contribution in [3.8, 4) is 11.5 Å². The zero-order valence-corrected chi connectivity index (χ0v) is 17.3. The van der Waals surface area contributed by atoms with E-state index < -0.39 is 6.04 Å². The minimum absolute atomic E-state index is 0.160. The summed E-state index contributed by atoms with van der Waals surface area (Å²) in [6.45, 7) is 2.47. The molecule has 28 heavy (non-hydrogen) atoms. The van der Waals surface area contributed by atoms with Gasteiger partial charge in [0.2, 0.25) is 5.91 Å². The van der Waals surface area contributed by atoms with Crippen molar-refractivity contribution < 1.29 is 14.3 Å². The van der Waals surface area contributed by atoms with E-state index >= 15 is 0 Å². The van der Waals surface area contributed by atoms with Crippen molar-refractivity contribution >= 4 is 38.3 Å². The minimum atomic E-state index is -0.720. The second-order valence-electron chi connectivity index (χ2n) is 6.88. The number of anilines is 1. The Morgan fingerprint density at radius 3 is 2.86 bits per heavy atom. The van der Waals surface area contributed by atoms with Gasteiger partial charge in [-0.25, -0.2) is 0 Å². The van der Waals surface area contributed by atoms with E-state index in [2.05, 4.69) is 22.0 Å². The summed E-state index contributed by atoms with van der Waals surface area (Å²) >= 11 is 3.52. The van der Waals surface area contributed by atoms with Gasteiger partial charge in [-0.1, -0.05) is 40.2 Å². The molecule has 1 amide bonds. The third-order valence-electron chi connectivity index (χ3n) is 5.06. The second kappa shape index (κ2) is 7.45. The highest BCUT2D eigenvalue weighted by Gasteiger charge is 2.31. The van der Waals surface area contributed by atoms with Crippen LogP contribution in [0.5, 0.6) is 11.5 Å². The summed E-state index contributed by atoms with van der Waals surface area (Å²) in [5, 5.41) is 2.10. The first-order valence-electron chi connectivity index (χ1n) is 9.04. The zero-order chi connectivity index (χ0) is 19.8. The third-order valence-corrected chi connectivity index (χ3v) is 5.55. The fourth-order valence-corrected chi connectivity index (χ4v) is 4.00. The fraction of sp³-hybridized carbons (Fsp3) is 0.227. The molecule has 0 aromatic heterocycles. The molecule has 0 fully saturated rings. The number of halogens is 1. The van der Waals surface area contributed by atoms with Crippen molar-refractivity contribution in [3.05, 3.63) is 64.1 Å². The van der Waals surface area contributed by atoms with Gasteiger partial charge in [-0.15, -0.1) is 0 Å². The molecular formula is C22H21BrN2O3. The van der Waals surface area contributed by atoms with Crippen molar-refractivity contribution in [2.45, 2.75) is 19.5 Å². The van der Waals surface area contributed by atoms with Crippen LogP contribution in [0.25, 0.3) is 10.8 Å². The molecule has 2 N–H and O–H groups in total. The number of aryl methyl sites for hydroxylation is 1. The Balaban J connectivity index is 1.88. The molecule has 0 saturated carbocycles. The smallest absolute Gasteiger partial charge is 0.247 e. The number of nitrogens with zero attached hydrogens (tertiary/aromatic N) is 1. The van der Waals surface area contributed by atoms with Gasteiger partial charge in [-0.3, -0.25) is 4.79 Å². The molecule has 1 aliphatic rings. The molecule has 1 heterocycles. The number of carbonyl (C=O) groups is 1. The van der Waals surface area contributed by atoms with E-state index in [-0.39, 0.29) is 12.5 Å². The Bertz CT molecular complexity index is 1070. The predicted octanol–water partition coefficient (Wildman–Crippen LogP) is 4.17. The van der Waals surface area contributed by atoms with Crippen LogP contribution in [0, 0.1) is 6.92 Å². The molecular weight excluding hydrogens is 420 g/mol. The summed E-state index contributed by atoms with van der Waals surface area (Å²) in [6.07, 6.45) is 0. The molecule has 1 aliphatic heterocycles. The normalized spacial score (nSPS) is 16.5. The summed E-state index contributed by atoms with van der Waals surface area (Å²) in [6, 6.07) is 15.1. The molecule has 0 saturated heterocycles. The standard InChI is InChI=1S/C22H21BrN2O3/c1-13-4-3-5-19-21(13)28-12-18(24)22(26)25(19)11-17-16-8-7-15(23)10-14(16)6-9-20(17)27-2/h3-10,18H,11-12,24H2,1-2H3.